The topological polar surface area (TPSA) is 70.2 Å². The first-order valence-corrected chi connectivity index (χ1v) is 6.39. The summed E-state index contributed by atoms with van der Waals surface area (Å²) in [5.41, 5.74) is -0.111. The molecule has 1 atom stereocenters. The summed E-state index contributed by atoms with van der Waals surface area (Å²) in [6, 6.07) is -0.309. The van der Waals surface area contributed by atoms with Gasteiger partial charge in [0.05, 0.1) is 6.54 Å². The molecule has 0 aliphatic carbocycles. The molecule has 0 aromatic heterocycles. The molecule has 1 fully saturated rings. The van der Waals surface area contributed by atoms with Crippen LogP contribution in [0.5, 0.6) is 0 Å². The maximum atomic E-state index is 12.1. The number of hydrogen-bond acceptors (Lipinski definition) is 3. The molecule has 5 heteroatoms. The summed E-state index contributed by atoms with van der Waals surface area (Å²) in [6.07, 6.45) is 2.76. The van der Waals surface area contributed by atoms with Crippen molar-refractivity contribution in [1.29, 1.82) is 0 Å². The van der Waals surface area contributed by atoms with E-state index >= 15 is 0 Å². The Bertz CT molecular complexity index is 269. The van der Waals surface area contributed by atoms with Crippen molar-refractivity contribution in [2.24, 2.45) is 0 Å². The summed E-state index contributed by atoms with van der Waals surface area (Å²) >= 11 is 0. The standard InChI is InChI=1S/C12H23N3O2/c1-4-12(5-2,6-3)15-11(17)9-7-14-10(16)8-13-9/h9,13H,4-8H2,1-3H3,(H,14,16)(H,15,17). The summed E-state index contributed by atoms with van der Waals surface area (Å²) < 4.78 is 0. The number of amides is 2. The third kappa shape index (κ3) is 3.43. The van der Waals surface area contributed by atoms with Gasteiger partial charge in [-0.2, -0.15) is 0 Å². The molecule has 0 radical (unpaired) electrons. The first kappa shape index (κ1) is 14.0. The van der Waals surface area contributed by atoms with Gasteiger partial charge in [0.15, 0.2) is 0 Å². The van der Waals surface area contributed by atoms with Gasteiger partial charge in [0.2, 0.25) is 11.8 Å². The van der Waals surface area contributed by atoms with E-state index < -0.39 is 0 Å². The van der Waals surface area contributed by atoms with Crippen molar-refractivity contribution in [1.82, 2.24) is 16.0 Å². The van der Waals surface area contributed by atoms with Gasteiger partial charge in [0, 0.05) is 12.1 Å². The lowest BCUT2D eigenvalue weighted by Gasteiger charge is -2.34. The lowest BCUT2D eigenvalue weighted by atomic mass is 9.89. The van der Waals surface area contributed by atoms with Crippen LogP contribution in [0, 0.1) is 0 Å². The second-order valence-corrected chi connectivity index (χ2v) is 4.57. The maximum Gasteiger partial charge on any atom is 0.239 e. The minimum absolute atomic E-state index is 0.0180. The van der Waals surface area contributed by atoms with Crippen LogP contribution < -0.4 is 16.0 Å². The van der Waals surface area contributed by atoms with E-state index in [1.54, 1.807) is 0 Å². The summed E-state index contributed by atoms with van der Waals surface area (Å²) in [7, 11) is 0. The predicted molar refractivity (Wildman–Crippen MR) is 66.5 cm³/mol. The van der Waals surface area contributed by atoms with Crippen LogP contribution in [0.1, 0.15) is 40.0 Å². The molecule has 1 unspecified atom stereocenters. The van der Waals surface area contributed by atoms with E-state index in [-0.39, 0.29) is 29.9 Å². The predicted octanol–water partition coefficient (Wildman–Crippen LogP) is 0.159. The van der Waals surface area contributed by atoms with Crippen LogP contribution in [0.3, 0.4) is 0 Å². The largest absolute Gasteiger partial charge is 0.353 e. The summed E-state index contributed by atoms with van der Waals surface area (Å²) in [6.45, 7) is 6.85. The number of piperazine rings is 1. The zero-order chi connectivity index (χ0) is 12.9. The van der Waals surface area contributed by atoms with Crippen LogP contribution in [0.2, 0.25) is 0 Å². The van der Waals surface area contributed by atoms with Crippen LogP contribution in [0.15, 0.2) is 0 Å². The molecule has 0 spiro atoms. The van der Waals surface area contributed by atoms with Crippen molar-refractivity contribution < 1.29 is 9.59 Å². The van der Waals surface area contributed by atoms with Crippen molar-refractivity contribution in [3.63, 3.8) is 0 Å². The number of carbonyl (C=O) groups is 2. The number of rotatable bonds is 5. The molecular formula is C12H23N3O2. The fourth-order valence-electron chi connectivity index (χ4n) is 2.12. The molecule has 0 aromatic rings. The van der Waals surface area contributed by atoms with Crippen molar-refractivity contribution in [2.75, 3.05) is 13.1 Å². The van der Waals surface area contributed by atoms with Gasteiger partial charge in [-0.3, -0.25) is 14.9 Å². The normalized spacial score (nSPS) is 20.9. The molecule has 0 bridgehead atoms. The fourth-order valence-corrected chi connectivity index (χ4v) is 2.12. The molecule has 1 rings (SSSR count). The molecular weight excluding hydrogens is 218 g/mol. The Labute approximate surface area is 103 Å². The Kier molecular flexibility index (Phi) is 4.93. The lowest BCUT2D eigenvalue weighted by molar-refractivity contribution is -0.128. The summed E-state index contributed by atoms with van der Waals surface area (Å²) in [5, 5.41) is 8.74. The average Bonchev–Trinajstić information content (AvgIpc) is 2.37. The van der Waals surface area contributed by atoms with E-state index in [1.165, 1.54) is 0 Å². The molecule has 17 heavy (non-hydrogen) atoms. The van der Waals surface area contributed by atoms with Gasteiger partial charge in [-0.1, -0.05) is 20.8 Å². The molecule has 1 heterocycles. The smallest absolute Gasteiger partial charge is 0.239 e. The summed E-state index contributed by atoms with van der Waals surface area (Å²) in [5.74, 6) is -0.0719. The molecule has 5 nitrogen and oxygen atoms in total. The van der Waals surface area contributed by atoms with Crippen LogP contribution >= 0.6 is 0 Å². The van der Waals surface area contributed by atoms with Crippen LogP contribution in [0.4, 0.5) is 0 Å². The van der Waals surface area contributed by atoms with E-state index in [4.69, 9.17) is 0 Å². The number of carbonyl (C=O) groups excluding carboxylic acids is 2. The van der Waals surface area contributed by atoms with Gasteiger partial charge in [-0.25, -0.2) is 0 Å². The molecule has 0 aromatic carbocycles. The van der Waals surface area contributed by atoms with Crippen LogP contribution in [-0.4, -0.2) is 36.5 Å². The maximum absolute atomic E-state index is 12.1. The Morgan fingerprint density at radius 3 is 2.35 bits per heavy atom. The van der Waals surface area contributed by atoms with Gasteiger partial charge in [-0.15, -0.1) is 0 Å². The Morgan fingerprint density at radius 2 is 1.94 bits per heavy atom. The Morgan fingerprint density at radius 1 is 1.35 bits per heavy atom. The second kappa shape index (κ2) is 6.00. The monoisotopic (exact) mass is 241 g/mol. The lowest BCUT2D eigenvalue weighted by Crippen LogP contribution is -2.61. The van der Waals surface area contributed by atoms with Crippen LogP contribution in [0.25, 0.3) is 0 Å². The van der Waals surface area contributed by atoms with E-state index in [9.17, 15) is 9.59 Å². The molecule has 1 saturated heterocycles. The molecule has 1 aliphatic rings. The molecule has 2 amide bonds. The molecule has 1 aliphatic heterocycles. The first-order chi connectivity index (χ1) is 8.06. The second-order valence-electron chi connectivity index (χ2n) is 4.57. The van der Waals surface area contributed by atoms with E-state index in [2.05, 4.69) is 36.7 Å². The van der Waals surface area contributed by atoms with Crippen molar-refractivity contribution in [3.8, 4) is 0 Å². The zero-order valence-corrected chi connectivity index (χ0v) is 10.9. The summed E-state index contributed by atoms with van der Waals surface area (Å²) in [4.78, 5) is 23.1. The van der Waals surface area contributed by atoms with E-state index in [0.29, 0.717) is 6.54 Å². The molecule has 3 N–H and O–H groups in total. The quantitative estimate of drug-likeness (QED) is 0.642. The third-order valence-electron chi connectivity index (χ3n) is 3.75. The highest BCUT2D eigenvalue weighted by Crippen LogP contribution is 2.19. The van der Waals surface area contributed by atoms with Gasteiger partial charge in [0.1, 0.15) is 6.04 Å². The highest BCUT2D eigenvalue weighted by atomic mass is 16.2. The molecule has 0 saturated carbocycles. The van der Waals surface area contributed by atoms with E-state index in [1.807, 2.05) is 0 Å². The minimum atomic E-state index is -0.309. The first-order valence-electron chi connectivity index (χ1n) is 6.39. The van der Waals surface area contributed by atoms with Gasteiger partial charge in [0.25, 0.3) is 0 Å². The third-order valence-corrected chi connectivity index (χ3v) is 3.75. The Balaban J connectivity index is 2.55. The van der Waals surface area contributed by atoms with Crippen LogP contribution in [-0.2, 0) is 9.59 Å². The van der Waals surface area contributed by atoms with Gasteiger partial charge >= 0.3 is 0 Å². The highest BCUT2D eigenvalue weighted by Gasteiger charge is 2.30. The van der Waals surface area contributed by atoms with E-state index in [0.717, 1.165) is 19.3 Å². The van der Waals surface area contributed by atoms with Crippen molar-refractivity contribution in [2.45, 2.75) is 51.6 Å². The average molecular weight is 241 g/mol. The number of nitrogens with one attached hydrogen (secondary N) is 3. The SMILES string of the molecule is CCC(CC)(CC)NC(=O)C1CNC(=O)CN1. The van der Waals surface area contributed by atoms with Gasteiger partial charge < -0.3 is 10.6 Å². The zero-order valence-electron chi connectivity index (χ0n) is 10.9. The molecule has 98 valence electrons. The minimum Gasteiger partial charge on any atom is -0.353 e. The van der Waals surface area contributed by atoms with Crippen molar-refractivity contribution in [3.05, 3.63) is 0 Å². The Hall–Kier alpha value is -1.10. The van der Waals surface area contributed by atoms with Crippen molar-refractivity contribution >= 4 is 11.8 Å². The number of hydrogen-bond donors (Lipinski definition) is 3. The highest BCUT2D eigenvalue weighted by molar-refractivity contribution is 5.87. The fraction of sp³-hybridized carbons (Fsp3) is 0.833. The van der Waals surface area contributed by atoms with Gasteiger partial charge in [-0.05, 0) is 19.3 Å².